The molecule has 0 spiro atoms. The van der Waals surface area contributed by atoms with Gasteiger partial charge in [0, 0.05) is 35.8 Å². The molecule has 3 unspecified atom stereocenters. The van der Waals surface area contributed by atoms with Crippen molar-refractivity contribution in [2.75, 3.05) is 13.7 Å². The number of phenols is 1. The molecule has 3 atom stereocenters. The zero-order chi connectivity index (χ0) is 14.9. The molecule has 20 heavy (non-hydrogen) atoms. The number of benzene rings is 1. The minimum atomic E-state index is 0.204. The fourth-order valence-electron chi connectivity index (χ4n) is 3.16. The lowest BCUT2D eigenvalue weighted by Gasteiger charge is -2.41. The van der Waals surface area contributed by atoms with E-state index in [4.69, 9.17) is 16.3 Å². The Hall–Kier alpha value is -0.930. The monoisotopic (exact) mass is 297 g/mol. The summed E-state index contributed by atoms with van der Waals surface area (Å²) in [6.45, 7) is 8.60. The summed E-state index contributed by atoms with van der Waals surface area (Å²) in [6, 6.07) is 3.98. The van der Waals surface area contributed by atoms with Gasteiger partial charge >= 0.3 is 0 Å². The van der Waals surface area contributed by atoms with Gasteiger partial charge in [0.2, 0.25) is 0 Å². The molecule has 1 heterocycles. The molecule has 3 nitrogen and oxygen atoms in total. The molecule has 112 valence electrons. The summed E-state index contributed by atoms with van der Waals surface area (Å²) in [5, 5.41) is 10.8. The van der Waals surface area contributed by atoms with E-state index in [0.29, 0.717) is 35.2 Å². The van der Waals surface area contributed by atoms with Crippen molar-refractivity contribution in [3.8, 4) is 11.5 Å². The van der Waals surface area contributed by atoms with Gasteiger partial charge < -0.3 is 9.84 Å². The van der Waals surface area contributed by atoms with Gasteiger partial charge in [-0.2, -0.15) is 0 Å². The van der Waals surface area contributed by atoms with E-state index in [1.165, 1.54) is 6.42 Å². The molecule has 0 aromatic heterocycles. The van der Waals surface area contributed by atoms with Gasteiger partial charge in [-0.3, -0.25) is 4.90 Å². The molecule has 1 aliphatic rings. The van der Waals surface area contributed by atoms with Crippen molar-refractivity contribution in [3.05, 3.63) is 22.7 Å². The van der Waals surface area contributed by atoms with E-state index >= 15 is 0 Å². The van der Waals surface area contributed by atoms with Crippen molar-refractivity contribution in [2.24, 2.45) is 11.8 Å². The predicted octanol–water partition coefficient (Wildman–Crippen LogP) is 3.92. The third kappa shape index (κ3) is 3.21. The predicted molar refractivity (Wildman–Crippen MR) is 82.5 cm³/mol. The van der Waals surface area contributed by atoms with E-state index in [0.717, 1.165) is 12.1 Å². The second kappa shape index (κ2) is 6.23. The molecule has 0 bridgehead atoms. The van der Waals surface area contributed by atoms with Gasteiger partial charge in [-0.15, -0.1) is 0 Å². The van der Waals surface area contributed by atoms with Crippen molar-refractivity contribution in [3.63, 3.8) is 0 Å². The lowest BCUT2D eigenvalue weighted by Crippen LogP contribution is -2.45. The lowest BCUT2D eigenvalue weighted by atomic mass is 9.85. The second-order valence-corrected chi connectivity index (χ2v) is 6.54. The SMILES string of the molecule is COc1cc(Cl)cc(CN2CC(C)CC(C)C2C)c1O. The Kier molecular flexibility index (Phi) is 4.82. The third-order valence-electron chi connectivity index (χ3n) is 4.43. The molecular weight excluding hydrogens is 274 g/mol. The highest BCUT2D eigenvalue weighted by Gasteiger charge is 2.29. The molecular formula is C16H24ClNO2. The van der Waals surface area contributed by atoms with Crippen LogP contribution in [0.4, 0.5) is 0 Å². The number of hydrogen-bond donors (Lipinski definition) is 1. The standard InChI is InChI=1S/C16H24ClNO2/c1-10-5-11(2)12(3)18(8-10)9-13-6-14(17)7-15(20-4)16(13)19/h6-7,10-12,19H,5,8-9H2,1-4H3. The van der Waals surface area contributed by atoms with E-state index < -0.39 is 0 Å². The van der Waals surface area contributed by atoms with Crippen LogP contribution in [-0.4, -0.2) is 29.7 Å². The Balaban J connectivity index is 2.23. The summed E-state index contributed by atoms with van der Waals surface area (Å²) in [4.78, 5) is 2.42. The number of likely N-dealkylation sites (tertiary alicyclic amines) is 1. The van der Waals surface area contributed by atoms with E-state index in [1.807, 2.05) is 6.07 Å². The van der Waals surface area contributed by atoms with Crippen molar-refractivity contribution in [1.29, 1.82) is 0 Å². The minimum absolute atomic E-state index is 0.204. The topological polar surface area (TPSA) is 32.7 Å². The maximum atomic E-state index is 10.3. The Morgan fingerprint density at radius 2 is 2.05 bits per heavy atom. The Morgan fingerprint density at radius 1 is 1.35 bits per heavy atom. The van der Waals surface area contributed by atoms with Crippen LogP contribution in [0.3, 0.4) is 0 Å². The van der Waals surface area contributed by atoms with Crippen LogP contribution < -0.4 is 4.74 Å². The Bertz CT molecular complexity index is 478. The van der Waals surface area contributed by atoms with Crippen LogP contribution in [0.5, 0.6) is 11.5 Å². The number of aromatic hydroxyl groups is 1. The van der Waals surface area contributed by atoms with E-state index in [1.54, 1.807) is 13.2 Å². The maximum Gasteiger partial charge on any atom is 0.162 e. The first-order valence-corrected chi connectivity index (χ1v) is 7.59. The van der Waals surface area contributed by atoms with Crippen molar-refractivity contribution in [2.45, 2.75) is 39.8 Å². The smallest absolute Gasteiger partial charge is 0.162 e. The van der Waals surface area contributed by atoms with Crippen molar-refractivity contribution >= 4 is 11.6 Å². The number of ether oxygens (including phenoxy) is 1. The Morgan fingerprint density at radius 3 is 2.70 bits per heavy atom. The number of rotatable bonds is 3. The summed E-state index contributed by atoms with van der Waals surface area (Å²) in [5.74, 6) is 2.00. The summed E-state index contributed by atoms with van der Waals surface area (Å²) in [7, 11) is 1.54. The summed E-state index contributed by atoms with van der Waals surface area (Å²) in [5.41, 5.74) is 0.836. The highest BCUT2D eigenvalue weighted by Crippen LogP contribution is 2.36. The van der Waals surface area contributed by atoms with Crippen LogP contribution >= 0.6 is 11.6 Å². The largest absolute Gasteiger partial charge is 0.504 e. The van der Waals surface area contributed by atoms with Crippen molar-refractivity contribution < 1.29 is 9.84 Å². The molecule has 0 amide bonds. The molecule has 1 N–H and O–H groups in total. The molecule has 1 aliphatic heterocycles. The highest BCUT2D eigenvalue weighted by molar-refractivity contribution is 6.30. The maximum absolute atomic E-state index is 10.3. The number of halogens is 1. The van der Waals surface area contributed by atoms with Crippen LogP contribution in [0.1, 0.15) is 32.8 Å². The quantitative estimate of drug-likeness (QED) is 0.918. The van der Waals surface area contributed by atoms with Gasteiger partial charge in [0.25, 0.3) is 0 Å². The highest BCUT2D eigenvalue weighted by atomic mass is 35.5. The normalized spacial score (nSPS) is 27.6. The van der Waals surface area contributed by atoms with Crippen LogP contribution in [0.25, 0.3) is 0 Å². The van der Waals surface area contributed by atoms with Gasteiger partial charge in [0.1, 0.15) is 0 Å². The summed E-state index contributed by atoms with van der Waals surface area (Å²) >= 11 is 6.10. The van der Waals surface area contributed by atoms with E-state index in [-0.39, 0.29) is 5.75 Å². The zero-order valence-electron chi connectivity index (χ0n) is 12.7. The first kappa shape index (κ1) is 15.5. The zero-order valence-corrected chi connectivity index (χ0v) is 13.4. The first-order chi connectivity index (χ1) is 9.42. The number of hydrogen-bond acceptors (Lipinski definition) is 3. The van der Waals surface area contributed by atoms with Gasteiger partial charge in [-0.1, -0.05) is 25.4 Å². The molecule has 0 radical (unpaired) electrons. The number of phenolic OH excluding ortho intramolecular Hbond substituents is 1. The molecule has 1 aromatic rings. The molecule has 2 rings (SSSR count). The van der Waals surface area contributed by atoms with Crippen molar-refractivity contribution in [1.82, 2.24) is 4.90 Å². The average molecular weight is 298 g/mol. The van der Waals surface area contributed by atoms with Gasteiger partial charge in [0.05, 0.1) is 7.11 Å². The Labute approximate surface area is 126 Å². The average Bonchev–Trinajstić information content (AvgIpc) is 2.39. The van der Waals surface area contributed by atoms with Crippen LogP contribution in [-0.2, 0) is 6.54 Å². The van der Waals surface area contributed by atoms with E-state index in [2.05, 4.69) is 25.7 Å². The van der Waals surface area contributed by atoms with Crippen LogP contribution in [0, 0.1) is 11.8 Å². The first-order valence-electron chi connectivity index (χ1n) is 7.21. The second-order valence-electron chi connectivity index (χ2n) is 6.10. The van der Waals surface area contributed by atoms with E-state index in [9.17, 15) is 5.11 Å². The fourth-order valence-corrected chi connectivity index (χ4v) is 3.40. The molecule has 1 aromatic carbocycles. The third-order valence-corrected chi connectivity index (χ3v) is 4.65. The number of nitrogens with zero attached hydrogens (tertiary/aromatic N) is 1. The lowest BCUT2D eigenvalue weighted by molar-refractivity contribution is 0.0722. The van der Waals surface area contributed by atoms with Gasteiger partial charge in [-0.05, 0) is 31.2 Å². The molecule has 1 fully saturated rings. The molecule has 0 saturated carbocycles. The summed E-state index contributed by atoms with van der Waals surface area (Å²) in [6.07, 6.45) is 1.27. The van der Waals surface area contributed by atoms with Crippen LogP contribution in [0.2, 0.25) is 5.02 Å². The minimum Gasteiger partial charge on any atom is -0.504 e. The molecule has 0 aliphatic carbocycles. The molecule has 1 saturated heterocycles. The number of methoxy groups -OCH3 is 1. The van der Waals surface area contributed by atoms with Gasteiger partial charge in [0.15, 0.2) is 11.5 Å². The molecule has 4 heteroatoms. The summed E-state index contributed by atoms with van der Waals surface area (Å²) < 4.78 is 5.17. The van der Waals surface area contributed by atoms with Crippen LogP contribution in [0.15, 0.2) is 12.1 Å². The fraction of sp³-hybridized carbons (Fsp3) is 0.625. The number of piperidine rings is 1. The van der Waals surface area contributed by atoms with Gasteiger partial charge in [-0.25, -0.2) is 0 Å².